The number of carbonyl (C=O) groups excluding carboxylic acids is 1. The molecule has 11 heteroatoms. The van der Waals surface area contributed by atoms with Crippen molar-refractivity contribution in [2.45, 2.75) is 61.3 Å². The molecule has 4 aromatic carbocycles. The summed E-state index contributed by atoms with van der Waals surface area (Å²) in [6.07, 6.45) is -12.3. The summed E-state index contributed by atoms with van der Waals surface area (Å²) in [6, 6.07) is 25.5. The molecule has 0 bridgehead atoms. The highest BCUT2D eigenvalue weighted by atomic mass is 19.1. The summed E-state index contributed by atoms with van der Waals surface area (Å²) in [6.45, 7) is 0. The van der Waals surface area contributed by atoms with Gasteiger partial charge in [-0.1, -0.05) is 72.8 Å². The maximum atomic E-state index is 13.4. The third-order valence-corrected chi connectivity index (χ3v) is 9.07. The van der Waals surface area contributed by atoms with Crippen LogP contribution in [-0.2, 0) is 15.1 Å². The fourth-order valence-electron chi connectivity index (χ4n) is 6.47. The Morgan fingerprint density at radius 2 is 1.53 bits per heavy atom. The SMILES string of the molecule is [3H]C(C[C@H](O)c1ccc(F)cc1)[C@H]1C(=O)N[C@@]1(c1ccccc1)c1ccc(-c2cccc([C@H](O)[C@H]3OC(O)[C@H](O)[C@@H](O)[C@@H]3O)c2)cc1O. The molecule has 2 unspecified atom stereocenters. The molecule has 0 saturated carbocycles. The first-order valence-corrected chi connectivity index (χ1v) is 15.1. The largest absolute Gasteiger partial charge is 0.508 e. The number of hydrogen-bond donors (Lipinski definition) is 8. The Kier molecular flexibility index (Phi) is 8.77. The van der Waals surface area contributed by atoms with Crippen molar-refractivity contribution >= 4 is 5.91 Å². The minimum absolute atomic E-state index is 0.126. The van der Waals surface area contributed by atoms with Gasteiger partial charge in [0, 0.05) is 6.93 Å². The van der Waals surface area contributed by atoms with E-state index in [4.69, 9.17) is 6.11 Å². The summed E-state index contributed by atoms with van der Waals surface area (Å²) in [5, 5.41) is 76.5. The lowest BCUT2D eigenvalue weighted by Gasteiger charge is -2.50. The number of phenolic OH excluding ortho intramolecular Hbond substituents is 1. The molecule has 8 N–H and O–H groups in total. The first kappa shape index (κ1) is 31.4. The lowest BCUT2D eigenvalue weighted by atomic mass is 9.64. The lowest BCUT2D eigenvalue weighted by molar-refractivity contribution is -0.297. The minimum atomic E-state index is -1.82. The second-order valence-corrected chi connectivity index (χ2v) is 11.9. The lowest BCUT2D eigenvalue weighted by Crippen LogP contribution is -2.67. The van der Waals surface area contributed by atoms with E-state index in [0.29, 0.717) is 27.8 Å². The smallest absolute Gasteiger partial charge is 0.227 e. The predicted octanol–water partition coefficient (Wildman–Crippen LogP) is 2.54. The topological polar surface area (TPSA) is 180 Å². The Bertz CT molecular complexity index is 1760. The molecule has 0 radical (unpaired) electrons. The Balaban J connectivity index is 1.31. The Morgan fingerprint density at radius 3 is 2.21 bits per heavy atom. The van der Waals surface area contributed by atoms with Crippen molar-refractivity contribution in [1.82, 2.24) is 5.32 Å². The van der Waals surface area contributed by atoms with Gasteiger partial charge in [0.1, 0.15) is 47.6 Å². The monoisotopic (exact) mass is 647 g/mol. The third-order valence-electron chi connectivity index (χ3n) is 9.07. The van der Waals surface area contributed by atoms with Crippen LogP contribution in [0.15, 0.2) is 97.1 Å². The molecule has 0 aromatic heterocycles. The Labute approximate surface area is 271 Å². The first-order valence-electron chi connectivity index (χ1n) is 15.7. The van der Waals surface area contributed by atoms with Crippen molar-refractivity contribution in [3.63, 3.8) is 0 Å². The molecule has 10 nitrogen and oxygen atoms in total. The number of aromatic hydroxyl groups is 1. The van der Waals surface area contributed by atoms with Crippen LogP contribution in [-0.4, -0.2) is 72.4 Å². The van der Waals surface area contributed by atoms with Gasteiger partial charge in [-0.25, -0.2) is 4.39 Å². The van der Waals surface area contributed by atoms with Crippen molar-refractivity contribution < 1.29 is 51.0 Å². The molecule has 4 aromatic rings. The molecule has 6 rings (SSSR count). The van der Waals surface area contributed by atoms with Gasteiger partial charge in [0.2, 0.25) is 5.91 Å². The number of carbonyl (C=O) groups is 1. The number of amides is 1. The van der Waals surface area contributed by atoms with Gasteiger partial charge in [-0.15, -0.1) is 0 Å². The van der Waals surface area contributed by atoms with Crippen molar-refractivity contribution in [2.75, 3.05) is 0 Å². The van der Waals surface area contributed by atoms with Crippen LogP contribution in [0.3, 0.4) is 0 Å². The van der Waals surface area contributed by atoms with Gasteiger partial charge in [0.05, 0.1) is 12.0 Å². The highest BCUT2D eigenvalue weighted by Gasteiger charge is 2.56. The van der Waals surface area contributed by atoms with E-state index in [2.05, 4.69) is 5.32 Å². The predicted molar refractivity (Wildman–Crippen MR) is 167 cm³/mol. The molecule has 2 heterocycles. The van der Waals surface area contributed by atoms with E-state index in [1.165, 1.54) is 30.3 Å². The van der Waals surface area contributed by atoms with E-state index < -0.39 is 72.5 Å². The van der Waals surface area contributed by atoms with E-state index in [-0.39, 0.29) is 17.7 Å². The number of nitrogens with one attached hydrogen (secondary N) is 1. The molecular formula is C36H36FNO9. The highest BCUT2D eigenvalue weighted by Crippen LogP contribution is 2.49. The van der Waals surface area contributed by atoms with Crippen LogP contribution in [0.5, 0.6) is 5.75 Å². The normalized spacial score (nSPS) is 29.6. The van der Waals surface area contributed by atoms with Gasteiger partial charge >= 0.3 is 0 Å². The van der Waals surface area contributed by atoms with E-state index in [1.54, 1.807) is 66.7 Å². The average molecular weight is 648 g/mol. The molecule has 246 valence electrons. The van der Waals surface area contributed by atoms with Crippen molar-refractivity contribution in [2.24, 2.45) is 5.92 Å². The zero-order valence-electron chi connectivity index (χ0n) is 26.0. The maximum Gasteiger partial charge on any atom is 0.227 e. The molecule has 2 saturated heterocycles. The van der Waals surface area contributed by atoms with Crippen molar-refractivity contribution in [3.8, 4) is 16.9 Å². The van der Waals surface area contributed by atoms with E-state index in [0.717, 1.165) is 0 Å². The standard InChI is InChI=1S/C36H36FNO9/c37-24-12-9-19(10-13-24)27(39)16-15-26-34(45)38-36(26,23-7-2-1-3-8-23)25-14-11-21(18-28(25)40)20-5-4-6-22(17-20)29(41)33-31(43)30(42)32(44)35(46)47-33/h1-14,17-18,26-27,29-33,35,39-44,46H,15-16H2,(H,38,45)/t26-,27-,29-,30-,31-,32+,33+,35?,36-/m0/s1/i15T/t15?,26-,27-,29-,30-,31-,32+,33+,35?,36-. The molecule has 0 aliphatic carbocycles. The average Bonchev–Trinajstić information content (AvgIpc) is 3.08. The summed E-state index contributed by atoms with van der Waals surface area (Å²) in [5.74, 6) is -2.08. The van der Waals surface area contributed by atoms with Crippen LogP contribution in [0.25, 0.3) is 11.1 Å². The molecular weight excluding hydrogens is 609 g/mol. The number of aliphatic hydroxyl groups is 6. The summed E-state index contributed by atoms with van der Waals surface area (Å²) in [7, 11) is 0. The van der Waals surface area contributed by atoms with Crippen LogP contribution in [0, 0.1) is 11.7 Å². The Morgan fingerprint density at radius 1 is 0.830 bits per heavy atom. The van der Waals surface area contributed by atoms with Crippen LogP contribution >= 0.6 is 0 Å². The number of halogens is 1. The van der Waals surface area contributed by atoms with Gasteiger partial charge in [-0.2, -0.15) is 0 Å². The minimum Gasteiger partial charge on any atom is -0.508 e. The zero-order valence-corrected chi connectivity index (χ0v) is 25.0. The van der Waals surface area contributed by atoms with Crippen LogP contribution in [0.4, 0.5) is 4.39 Å². The van der Waals surface area contributed by atoms with Crippen LogP contribution in [0.1, 0.15) is 48.7 Å². The number of β-lactam (4-membered cyclic amide) rings is 1. The second-order valence-electron chi connectivity index (χ2n) is 11.9. The molecule has 2 fully saturated rings. The highest BCUT2D eigenvalue weighted by molar-refractivity contribution is 5.91. The van der Waals surface area contributed by atoms with E-state index in [9.17, 15) is 44.9 Å². The number of benzene rings is 4. The molecule has 47 heavy (non-hydrogen) atoms. The summed E-state index contributed by atoms with van der Waals surface area (Å²) in [5.41, 5.74) is 1.37. The third kappa shape index (κ3) is 6.03. The molecule has 10 atom stereocenters. The summed E-state index contributed by atoms with van der Waals surface area (Å²) < 4.78 is 27.6. The van der Waals surface area contributed by atoms with Gasteiger partial charge in [0.15, 0.2) is 6.29 Å². The van der Waals surface area contributed by atoms with Gasteiger partial charge in [-0.05, 0) is 64.9 Å². The van der Waals surface area contributed by atoms with E-state index >= 15 is 0 Å². The number of ether oxygens (including phenoxy) is 1. The van der Waals surface area contributed by atoms with Crippen molar-refractivity contribution in [1.29, 1.82) is 0 Å². The quantitative estimate of drug-likeness (QED) is 0.127. The molecule has 2 aliphatic heterocycles. The van der Waals surface area contributed by atoms with Gasteiger partial charge < -0.3 is 45.8 Å². The fourth-order valence-corrected chi connectivity index (χ4v) is 6.47. The molecule has 1 amide bonds. The summed E-state index contributed by atoms with van der Waals surface area (Å²) in [4.78, 5) is 13.2. The van der Waals surface area contributed by atoms with Crippen molar-refractivity contribution in [3.05, 3.63) is 125 Å². The van der Waals surface area contributed by atoms with Crippen LogP contribution in [0.2, 0.25) is 0 Å². The van der Waals surface area contributed by atoms with E-state index in [1.807, 2.05) is 0 Å². The number of rotatable bonds is 9. The zero-order chi connectivity index (χ0) is 34.3. The fraction of sp³-hybridized carbons (Fsp3) is 0.306. The molecule has 2 aliphatic rings. The van der Waals surface area contributed by atoms with Gasteiger partial charge in [-0.3, -0.25) is 4.79 Å². The molecule has 0 spiro atoms. The van der Waals surface area contributed by atoms with Crippen LogP contribution < -0.4 is 5.32 Å². The second kappa shape index (κ2) is 13.1. The Hall–Kier alpha value is -4.20. The number of hydrogen-bond acceptors (Lipinski definition) is 9. The summed E-state index contributed by atoms with van der Waals surface area (Å²) >= 11 is 0. The number of phenols is 1. The van der Waals surface area contributed by atoms with Gasteiger partial charge in [0.25, 0.3) is 0 Å². The first-order chi connectivity index (χ1) is 22.9. The number of aliphatic hydroxyl groups excluding tert-OH is 6. The maximum absolute atomic E-state index is 13.4.